The smallest absolute Gasteiger partial charge is 0.0757 e. The minimum atomic E-state index is 0.974. The van der Waals surface area contributed by atoms with E-state index in [9.17, 15) is 0 Å². The van der Waals surface area contributed by atoms with Crippen LogP contribution in [0.1, 0.15) is 12.5 Å². The van der Waals surface area contributed by atoms with E-state index in [1.54, 1.807) is 6.20 Å². The Morgan fingerprint density at radius 1 is 1.06 bits per heavy atom. The zero-order valence-electron chi connectivity index (χ0n) is 10.3. The van der Waals surface area contributed by atoms with Crippen molar-refractivity contribution in [1.82, 2.24) is 9.97 Å². The average molecular weight is 234 g/mol. The molecule has 0 saturated carbocycles. The molecular weight excluding hydrogens is 220 g/mol. The Bertz CT molecular complexity index is 675. The van der Waals surface area contributed by atoms with E-state index in [0.29, 0.717) is 0 Å². The molecule has 18 heavy (non-hydrogen) atoms. The zero-order chi connectivity index (χ0) is 12.4. The third kappa shape index (κ3) is 1.86. The average Bonchev–Trinajstić information content (AvgIpc) is 2.46. The van der Waals surface area contributed by atoms with Crippen molar-refractivity contribution in [2.75, 3.05) is 0 Å². The summed E-state index contributed by atoms with van der Waals surface area (Å²) in [6.45, 7) is 2.16. The van der Waals surface area contributed by atoms with E-state index in [0.717, 1.165) is 23.2 Å². The van der Waals surface area contributed by atoms with Crippen molar-refractivity contribution < 1.29 is 0 Å². The van der Waals surface area contributed by atoms with Gasteiger partial charge in [0.05, 0.1) is 11.2 Å². The summed E-state index contributed by atoms with van der Waals surface area (Å²) in [5.74, 6) is 0. The molecular formula is C16H14N2. The Morgan fingerprint density at radius 2 is 1.94 bits per heavy atom. The Kier molecular flexibility index (Phi) is 2.77. The molecule has 0 fully saturated rings. The molecule has 0 aliphatic heterocycles. The molecule has 1 aromatic carbocycles. The first-order chi connectivity index (χ1) is 8.88. The van der Waals surface area contributed by atoms with Gasteiger partial charge in [0.25, 0.3) is 0 Å². The van der Waals surface area contributed by atoms with Crippen LogP contribution in [0.25, 0.3) is 22.2 Å². The first-order valence-corrected chi connectivity index (χ1v) is 6.17. The van der Waals surface area contributed by atoms with E-state index in [4.69, 9.17) is 4.98 Å². The van der Waals surface area contributed by atoms with Crippen LogP contribution in [0, 0.1) is 0 Å². The van der Waals surface area contributed by atoms with Gasteiger partial charge in [-0.15, -0.1) is 0 Å². The molecule has 3 rings (SSSR count). The molecule has 0 spiro atoms. The normalized spacial score (nSPS) is 10.7. The van der Waals surface area contributed by atoms with Crippen LogP contribution >= 0.6 is 0 Å². The largest absolute Gasteiger partial charge is 0.264 e. The molecule has 2 aromatic heterocycles. The first kappa shape index (κ1) is 10.9. The highest BCUT2D eigenvalue weighted by molar-refractivity contribution is 5.83. The van der Waals surface area contributed by atoms with Crippen molar-refractivity contribution in [2.24, 2.45) is 0 Å². The van der Waals surface area contributed by atoms with Crippen LogP contribution in [0.2, 0.25) is 0 Å². The molecule has 0 aliphatic carbocycles. The summed E-state index contributed by atoms with van der Waals surface area (Å²) in [6.07, 6.45) is 4.63. The predicted molar refractivity (Wildman–Crippen MR) is 74.4 cm³/mol. The Balaban J connectivity index is 2.27. The van der Waals surface area contributed by atoms with Gasteiger partial charge in [0.2, 0.25) is 0 Å². The van der Waals surface area contributed by atoms with Gasteiger partial charge in [0, 0.05) is 23.3 Å². The lowest BCUT2D eigenvalue weighted by molar-refractivity contribution is 1.12. The van der Waals surface area contributed by atoms with Gasteiger partial charge in [-0.05, 0) is 36.2 Å². The van der Waals surface area contributed by atoms with E-state index in [-0.39, 0.29) is 0 Å². The van der Waals surface area contributed by atoms with Crippen molar-refractivity contribution in [3.05, 3.63) is 60.4 Å². The second-order valence-corrected chi connectivity index (χ2v) is 4.28. The Labute approximate surface area is 106 Å². The van der Waals surface area contributed by atoms with Crippen LogP contribution in [0.5, 0.6) is 0 Å². The molecule has 88 valence electrons. The second kappa shape index (κ2) is 4.57. The summed E-state index contributed by atoms with van der Waals surface area (Å²) in [5.41, 5.74) is 4.43. The summed E-state index contributed by atoms with van der Waals surface area (Å²) in [4.78, 5) is 8.95. The SMILES string of the molecule is CCc1cc2ccccc2nc1-c1cccnc1. The van der Waals surface area contributed by atoms with Crippen molar-refractivity contribution in [3.8, 4) is 11.3 Å². The van der Waals surface area contributed by atoms with Crippen LogP contribution < -0.4 is 0 Å². The third-order valence-electron chi connectivity index (χ3n) is 3.12. The van der Waals surface area contributed by atoms with Gasteiger partial charge < -0.3 is 0 Å². The van der Waals surface area contributed by atoms with E-state index >= 15 is 0 Å². The quantitative estimate of drug-likeness (QED) is 0.673. The molecule has 3 aromatic rings. The maximum atomic E-state index is 4.78. The van der Waals surface area contributed by atoms with Crippen LogP contribution in [0.3, 0.4) is 0 Å². The number of hydrogen-bond donors (Lipinski definition) is 0. The minimum absolute atomic E-state index is 0.974. The number of nitrogens with zero attached hydrogens (tertiary/aromatic N) is 2. The molecule has 0 bridgehead atoms. The van der Waals surface area contributed by atoms with E-state index in [1.165, 1.54) is 10.9 Å². The summed E-state index contributed by atoms with van der Waals surface area (Å²) in [6, 6.07) is 14.5. The predicted octanol–water partition coefficient (Wildman–Crippen LogP) is 3.86. The van der Waals surface area contributed by atoms with Crippen molar-refractivity contribution in [2.45, 2.75) is 13.3 Å². The maximum absolute atomic E-state index is 4.78. The van der Waals surface area contributed by atoms with Gasteiger partial charge in [-0.1, -0.05) is 25.1 Å². The standard InChI is InChI=1S/C16H14N2/c1-2-12-10-13-6-3-4-8-15(13)18-16(12)14-7-5-9-17-11-14/h3-11H,2H2,1H3. The number of aryl methyl sites for hydroxylation is 1. The Hall–Kier alpha value is -2.22. The van der Waals surface area contributed by atoms with Gasteiger partial charge in [0.15, 0.2) is 0 Å². The maximum Gasteiger partial charge on any atom is 0.0757 e. The highest BCUT2D eigenvalue weighted by Crippen LogP contribution is 2.25. The zero-order valence-corrected chi connectivity index (χ0v) is 10.3. The van der Waals surface area contributed by atoms with E-state index in [2.05, 4.69) is 36.2 Å². The second-order valence-electron chi connectivity index (χ2n) is 4.28. The van der Waals surface area contributed by atoms with Crippen LogP contribution in [-0.2, 0) is 6.42 Å². The van der Waals surface area contributed by atoms with Gasteiger partial charge in [0.1, 0.15) is 0 Å². The van der Waals surface area contributed by atoms with Crippen LogP contribution in [-0.4, -0.2) is 9.97 Å². The number of para-hydroxylation sites is 1. The van der Waals surface area contributed by atoms with Crippen molar-refractivity contribution >= 4 is 10.9 Å². The molecule has 0 unspecified atom stereocenters. The summed E-state index contributed by atoms with van der Waals surface area (Å²) in [5, 5.41) is 1.20. The van der Waals surface area contributed by atoms with Gasteiger partial charge >= 0.3 is 0 Å². The number of fused-ring (bicyclic) bond motifs is 1. The number of rotatable bonds is 2. The third-order valence-corrected chi connectivity index (χ3v) is 3.12. The van der Waals surface area contributed by atoms with Crippen LogP contribution in [0.15, 0.2) is 54.9 Å². The number of aromatic nitrogens is 2. The lowest BCUT2D eigenvalue weighted by Gasteiger charge is -2.08. The number of benzene rings is 1. The molecule has 0 N–H and O–H groups in total. The summed E-state index contributed by atoms with van der Waals surface area (Å²) >= 11 is 0. The van der Waals surface area contributed by atoms with Crippen molar-refractivity contribution in [1.29, 1.82) is 0 Å². The molecule has 0 radical (unpaired) electrons. The fourth-order valence-electron chi connectivity index (χ4n) is 2.18. The van der Waals surface area contributed by atoms with E-state index in [1.807, 2.05) is 24.4 Å². The van der Waals surface area contributed by atoms with Gasteiger partial charge in [-0.2, -0.15) is 0 Å². The molecule has 2 heteroatoms. The highest BCUT2D eigenvalue weighted by atomic mass is 14.7. The monoisotopic (exact) mass is 234 g/mol. The summed E-state index contributed by atoms with van der Waals surface area (Å²) < 4.78 is 0. The number of hydrogen-bond acceptors (Lipinski definition) is 2. The molecule has 2 heterocycles. The highest BCUT2D eigenvalue weighted by Gasteiger charge is 2.07. The van der Waals surface area contributed by atoms with Crippen molar-refractivity contribution in [3.63, 3.8) is 0 Å². The van der Waals surface area contributed by atoms with Crippen LogP contribution in [0.4, 0.5) is 0 Å². The van der Waals surface area contributed by atoms with E-state index < -0.39 is 0 Å². The molecule has 2 nitrogen and oxygen atoms in total. The molecule has 0 atom stereocenters. The Morgan fingerprint density at radius 3 is 2.72 bits per heavy atom. The summed E-state index contributed by atoms with van der Waals surface area (Å²) in [7, 11) is 0. The molecule has 0 amide bonds. The molecule has 0 saturated heterocycles. The molecule has 0 aliphatic rings. The number of pyridine rings is 2. The topological polar surface area (TPSA) is 25.8 Å². The fourth-order valence-corrected chi connectivity index (χ4v) is 2.18. The minimum Gasteiger partial charge on any atom is -0.264 e. The fraction of sp³-hybridized carbons (Fsp3) is 0.125. The lowest BCUT2D eigenvalue weighted by atomic mass is 10.0. The van der Waals surface area contributed by atoms with Gasteiger partial charge in [-0.25, -0.2) is 4.98 Å². The lowest BCUT2D eigenvalue weighted by Crippen LogP contribution is -1.93. The van der Waals surface area contributed by atoms with Gasteiger partial charge in [-0.3, -0.25) is 4.98 Å². The first-order valence-electron chi connectivity index (χ1n) is 6.17.